The van der Waals surface area contributed by atoms with Gasteiger partial charge in [0, 0.05) is 0 Å². The monoisotopic (exact) mass is 305 g/mol. The standard InChI is InChI=1S/C18H15N3O2/c19-20-16-12-11-15(13-7-3-1-4-8-13)18(21(22)23)17(16)14-9-5-2-6-10-14/h1-12,20H,19H2. The lowest BCUT2D eigenvalue weighted by Crippen LogP contribution is -2.09. The zero-order valence-electron chi connectivity index (χ0n) is 12.3. The number of nitro benzene ring substituents is 1. The summed E-state index contributed by atoms with van der Waals surface area (Å²) in [4.78, 5) is 11.4. The molecule has 3 rings (SSSR count). The largest absolute Gasteiger partial charge is 0.323 e. The molecule has 0 saturated carbocycles. The van der Waals surface area contributed by atoms with E-state index in [1.807, 2.05) is 60.7 Å². The molecule has 0 bridgehead atoms. The van der Waals surface area contributed by atoms with Gasteiger partial charge >= 0.3 is 0 Å². The zero-order chi connectivity index (χ0) is 16.2. The molecule has 0 heterocycles. The maximum Gasteiger partial charge on any atom is 0.287 e. The van der Waals surface area contributed by atoms with Gasteiger partial charge in [0.1, 0.15) is 0 Å². The summed E-state index contributed by atoms with van der Waals surface area (Å²) < 4.78 is 0. The first-order valence-corrected chi connectivity index (χ1v) is 7.11. The number of rotatable bonds is 4. The summed E-state index contributed by atoms with van der Waals surface area (Å²) in [5.41, 5.74) is 5.70. The molecule has 3 N–H and O–H groups in total. The minimum absolute atomic E-state index is 0.0397. The molecule has 114 valence electrons. The molecule has 5 heteroatoms. The van der Waals surface area contributed by atoms with E-state index in [4.69, 9.17) is 5.84 Å². The molecule has 0 fully saturated rings. The first-order valence-electron chi connectivity index (χ1n) is 7.11. The van der Waals surface area contributed by atoms with Crippen LogP contribution in [-0.2, 0) is 0 Å². The first-order chi connectivity index (χ1) is 11.2. The molecule has 0 atom stereocenters. The van der Waals surface area contributed by atoms with Gasteiger partial charge in [-0.3, -0.25) is 16.0 Å². The van der Waals surface area contributed by atoms with E-state index in [1.54, 1.807) is 12.1 Å². The van der Waals surface area contributed by atoms with Crippen LogP contribution < -0.4 is 11.3 Å². The Labute approximate surface area is 133 Å². The van der Waals surface area contributed by atoms with Crippen LogP contribution in [0, 0.1) is 10.1 Å². The lowest BCUT2D eigenvalue weighted by molar-refractivity contribution is -0.383. The topological polar surface area (TPSA) is 81.2 Å². The van der Waals surface area contributed by atoms with Crippen molar-refractivity contribution in [2.45, 2.75) is 0 Å². The normalized spacial score (nSPS) is 10.3. The van der Waals surface area contributed by atoms with Crippen LogP contribution in [0.25, 0.3) is 22.3 Å². The minimum atomic E-state index is -0.356. The summed E-state index contributed by atoms with van der Waals surface area (Å²) in [7, 11) is 0. The van der Waals surface area contributed by atoms with Crippen LogP contribution in [0.2, 0.25) is 0 Å². The van der Waals surface area contributed by atoms with Crippen LogP contribution in [-0.4, -0.2) is 4.92 Å². The fraction of sp³-hybridized carbons (Fsp3) is 0. The van der Waals surface area contributed by atoms with Crippen molar-refractivity contribution in [2.24, 2.45) is 5.84 Å². The molecule has 3 aromatic carbocycles. The van der Waals surface area contributed by atoms with Gasteiger partial charge in [-0.25, -0.2) is 0 Å². The average molecular weight is 305 g/mol. The van der Waals surface area contributed by atoms with Gasteiger partial charge in [0.25, 0.3) is 5.69 Å². The van der Waals surface area contributed by atoms with E-state index in [0.717, 1.165) is 11.1 Å². The Bertz CT molecular complexity index is 834. The summed E-state index contributed by atoms with van der Waals surface area (Å²) in [6, 6.07) is 22.0. The van der Waals surface area contributed by atoms with Gasteiger partial charge in [0.05, 0.1) is 21.7 Å². The van der Waals surface area contributed by atoms with Crippen LogP contribution in [0.15, 0.2) is 72.8 Å². The molecule has 0 saturated heterocycles. The number of hydrazine groups is 1. The highest BCUT2D eigenvalue weighted by Gasteiger charge is 2.24. The number of nitrogens with one attached hydrogen (secondary N) is 1. The average Bonchev–Trinajstić information content (AvgIpc) is 2.61. The highest BCUT2D eigenvalue weighted by atomic mass is 16.6. The van der Waals surface area contributed by atoms with Gasteiger partial charge < -0.3 is 5.43 Å². The lowest BCUT2D eigenvalue weighted by Gasteiger charge is -2.13. The van der Waals surface area contributed by atoms with E-state index in [2.05, 4.69) is 5.43 Å². The number of benzene rings is 3. The Balaban J connectivity index is 2.35. The molecule has 0 radical (unpaired) electrons. The Kier molecular flexibility index (Phi) is 4.03. The predicted octanol–water partition coefficient (Wildman–Crippen LogP) is 4.21. The van der Waals surface area contributed by atoms with E-state index in [-0.39, 0.29) is 10.6 Å². The summed E-state index contributed by atoms with van der Waals surface area (Å²) in [6.07, 6.45) is 0. The molecule has 0 aliphatic rings. The molecule has 23 heavy (non-hydrogen) atoms. The third-order valence-corrected chi connectivity index (χ3v) is 3.66. The van der Waals surface area contributed by atoms with Crippen molar-refractivity contribution >= 4 is 11.4 Å². The first kappa shape index (κ1) is 14.7. The van der Waals surface area contributed by atoms with E-state index >= 15 is 0 Å². The molecule has 3 aromatic rings. The lowest BCUT2D eigenvalue weighted by atomic mass is 9.94. The van der Waals surface area contributed by atoms with Crippen molar-refractivity contribution in [3.63, 3.8) is 0 Å². The van der Waals surface area contributed by atoms with E-state index in [0.29, 0.717) is 16.8 Å². The molecule has 0 spiro atoms. The van der Waals surface area contributed by atoms with Crippen molar-refractivity contribution < 1.29 is 4.92 Å². The van der Waals surface area contributed by atoms with Gasteiger partial charge in [-0.2, -0.15) is 0 Å². The smallest absolute Gasteiger partial charge is 0.287 e. The van der Waals surface area contributed by atoms with Crippen LogP contribution in [0.4, 0.5) is 11.4 Å². The number of nitrogens with two attached hydrogens (primary N) is 1. The maximum atomic E-state index is 11.8. The van der Waals surface area contributed by atoms with E-state index in [9.17, 15) is 10.1 Å². The maximum absolute atomic E-state index is 11.8. The molecule has 0 aliphatic carbocycles. The third kappa shape index (κ3) is 2.77. The van der Waals surface area contributed by atoms with Crippen LogP contribution in [0.1, 0.15) is 0 Å². The molecular weight excluding hydrogens is 290 g/mol. The van der Waals surface area contributed by atoms with Gasteiger partial charge in [-0.15, -0.1) is 0 Å². The summed E-state index contributed by atoms with van der Waals surface area (Å²) in [5, 5.41) is 11.8. The highest BCUT2D eigenvalue weighted by molar-refractivity contribution is 5.93. The third-order valence-electron chi connectivity index (χ3n) is 3.66. The van der Waals surface area contributed by atoms with Crippen LogP contribution >= 0.6 is 0 Å². The Morgan fingerprint density at radius 3 is 1.91 bits per heavy atom. The number of hydrogen-bond acceptors (Lipinski definition) is 4. The fourth-order valence-corrected chi connectivity index (χ4v) is 2.65. The van der Waals surface area contributed by atoms with Gasteiger partial charge in [0.2, 0.25) is 0 Å². The number of nitrogen functional groups attached to an aromatic ring is 1. The van der Waals surface area contributed by atoms with Crippen molar-refractivity contribution in [1.82, 2.24) is 0 Å². The number of nitro groups is 1. The van der Waals surface area contributed by atoms with Crippen molar-refractivity contribution in [1.29, 1.82) is 0 Å². The Hall–Kier alpha value is -3.18. The molecule has 0 amide bonds. The Morgan fingerprint density at radius 1 is 0.826 bits per heavy atom. The SMILES string of the molecule is NNc1ccc(-c2ccccc2)c([N+](=O)[O-])c1-c1ccccc1. The van der Waals surface area contributed by atoms with Crippen molar-refractivity contribution in [3.05, 3.63) is 82.9 Å². The number of nitrogens with zero attached hydrogens (tertiary/aromatic N) is 1. The summed E-state index contributed by atoms with van der Waals surface area (Å²) >= 11 is 0. The molecular formula is C18H15N3O2. The summed E-state index contributed by atoms with van der Waals surface area (Å²) in [5.74, 6) is 5.57. The highest BCUT2D eigenvalue weighted by Crippen LogP contribution is 2.42. The van der Waals surface area contributed by atoms with Gasteiger partial charge in [0.15, 0.2) is 0 Å². The quantitative estimate of drug-likeness (QED) is 0.429. The minimum Gasteiger partial charge on any atom is -0.323 e. The second kappa shape index (κ2) is 6.29. The summed E-state index contributed by atoms with van der Waals surface area (Å²) in [6.45, 7) is 0. The van der Waals surface area contributed by atoms with Gasteiger partial charge in [-0.1, -0.05) is 60.7 Å². The zero-order valence-corrected chi connectivity index (χ0v) is 12.3. The van der Waals surface area contributed by atoms with Crippen LogP contribution in [0.3, 0.4) is 0 Å². The molecule has 0 unspecified atom stereocenters. The Morgan fingerprint density at radius 2 is 1.39 bits per heavy atom. The van der Waals surface area contributed by atoms with Crippen molar-refractivity contribution in [2.75, 3.05) is 5.43 Å². The van der Waals surface area contributed by atoms with E-state index in [1.165, 1.54) is 0 Å². The second-order valence-electron chi connectivity index (χ2n) is 5.02. The second-order valence-corrected chi connectivity index (χ2v) is 5.02. The number of anilines is 1. The fourth-order valence-electron chi connectivity index (χ4n) is 2.65. The molecule has 0 aliphatic heterocycles. The number of hydrogen-bond donors (Lipinski definition) is 2. The predicted molar refractivity (Wildman–Crippen MR) is 91.8 cm³/mol. The van der Waals surface area contributed by atoms with Gasteiger partial charge in [-0.05, 0) is 23.3 Å². The van der Waals surface area contributed by atoms with Crippen LogP contribution in [0.5, 0.6) is 0 Å². The molecule has 0 aromatic heterocycles. The van der Waals surface area contributed by atoms with Crippen molar-refractivity contribution in [3.8, 4) is 22.3 Å². The van der Waals surface area contributed by atoms with E-state index < -0.39 is 0 Å². The molecule has 5 nitrogen and oxygen atoms in total.